The number of thiazole rings is 1. The van der Waals surface area contributed by atoms with Gasteiger partial charge in [0.15, 0.2) is 5.13 Å². The van der Waals surface area contributed by atoms with Gasteiger partial charge in [-0.25, -0.2) is 4.98 Å². The maximum Gasteiger partial charge on any atom is 0.301 e. The second-order valence-electron chi connectivity index (χ2n) is 9.54. The van der Waals surface area contributed by atoms with Crippen LogP contribution in [0.2, 0.25) is 0 Å². The van der Waals surface area contributed by atoms with Gasteiger partial charge >= 0.3 is 5.91 Å². The Morgan fingerprint density at radius 3 is 2.83 bits per heavy atom. The molecule has 2 atom stereocenters. The molecule has 186 valence electrons. The molecular formula is C28H28N2O5S. The molecule has 5 rings (SSSR count). The van der Waals surface area contributed by atoms with Crippen LogP contribution in [0.25, 0.3) is 5.76 Å². The second kappa shape index (κ2) is 9.78. The summed E-state index contributed by atoms with van der Waals surface area (Å²) in [4.78, 5) is 32.2. The van der Waals surface area contributed by atoms with Crippen molar-refractivity contribution >= 4 is 33.9 Å². The molecule has 3 heterocycles. The smallest absolute Gasteiger partial charge is 0.301 e. The number of ether oxygens (including phenoxy) is 2. The van der Waals surface area contributed by atoms with Crippen molar-refractivity contribution in [2.24, 2.45) is 5.92 Å². The van der Waals surface area contributed by atoms with E-state index < -0.39 is 17.7 Å². The Hall–Kier alpha value is -3.65. The Kier molecular flexibility index (Phi) is 6.53. The van der Waals surface area contributed by atoms with Crippen molar-refractivity contribution in [3.05, 3.63) is 76.3 Å². The van der Waals surface area contributed by atoms with E-state index >= 15 is 0 Å². The lowest BCUT2D eigenvalue weighted by Gasteiger charge is -2.23. The highest BCUT2D eigenvalue weighted by Gasteiger charge is 2.48. The Bertz CT molecular complexity index is 1330. The molecular weight excluding hydrogens is 476 g/mol. The van der Waals surface area contributed by atoms with E-state index in [4.69, 9.17) is 9.47 Å². The molecule has 1 aromatic heterocycles. The summed E-state index contributed by atoms with van der Waals surface area (Å²) < 4.78 is 11.7. The minimum absolute atomic E-state index is 0.0291. The van der Waals surface area contributed by atoms with Crippen LogP contribution in [0.1, 0.15) is 49.9 Å². The van der Waals surface area contributed by atoms with E-state index in [2.05, 4.69) is 18.8 Å². The molecule has 1 amide bonds. The lowest BCUT2D eigenvalue weighted by molar-refractivity contribution is -0.132. The minimum Gasteiger partial charge on any atom is -0.507 e. The number of hydrogen-bond donors (Lipinski definition) is 1. The van der Waals surface area contributed by atoms with Gasteiger partial charge in [0.25, 0.3) is 5.78 Å². The lowest BCUT2D eigenvalue weighted by atomic mass is 9.94. The summed E-state index contributed by atoms with van der Waals surface area (Å²) in [5, 5.41) is 13.6. The van der Waals surface area contributed by atoms with Crippen molar-refractivity contribution < 1.29 is 24.2 Å². The third-order valence-corrected chi connectivity index (χ3v) is 7.15. The summed E-state index contributed by atoms with van der Waals surface area (Å²) >= 11 is 1.26. The Morgan fingerprint density at radius 1 is 1.25 bits per heavy atom. The first kappa shape index (κ1) is 24.1. The van der Waals surface area contributed by atoms with E-state index in [9.17, 15) is 14.7 Å². The van der Waals surface area contributed by atoms with Gasteiger partial charge in [-0.1, -0.05) is 26.0 Å². The number of amides is 1. The van der Waals surface area contributed by atoms with Crippen LogP contribution in [0.3, 0.4) is 0 Å². The largest absolute Gasteiger partial charge is 0.507 e. The van der Waals surface area contributed by atoms with Crippen molar-refractivity contribution in [1.29, 1.82) is 0 Å². The predicted molar refractivity (Wildman–Crippen MR) is 139 cm³/mol. The van der Waals surface area contributed by atoms with Crippen LogP contribution in [0.15, 0.2) is 59.6 Å². The van der Waals surface area contributed by atoms with Gasteiger partial charge < -0.3 is 14.6 Å². The monoisotopic (exact) mass is 504 g/mol. The molecule has 2 aromatic carbocycles. The molecule has 2 aliphatic heterocycles. The average molecular weight is 505 g/mol. The van der Waals surface area contributed by atoms with Gasteiger partial charge in [0.1, 0.15) is 23.4 Å². The number of aromatic nitrogens is 1. The number of carbonyl (C=O) groups excluding carboxylic acids is 2. The molecule has 7 nitrogen and oxygen atoms in total. The van der Waals surface area contributed by atoms with E-state index in [-0.39, 0.29) is 17.4 Å². The van der Waals surface area contributed by atoms with Gasteiger partial charge in [-0.05, 0) is 60.7 Å². The molecule has 0 aliphatic carbocycles. The van der Waals surface area contributed by atoms with E-state index in [1.54, 1.807) is 23.7 Å². The van der Waals surface area contributed by atoms with Crippen molar-refractivity contribution in [2.75, 3.05) is 11.5 Å². The van der Waals surface area contributed by atoms with Crippen molar-refractivity contribution in [2.45, 2.75) is 45.8 Å². The molecule has 36 heavy (non-hydrogen) atoms. The Labute approximate surface area is 214 Å². The quantitative estimate of drug-likeness (QED) is 0.259. The Balaban J connectivity index is 1.59. The fourth-order valence-electron chi connectivity index (χ4n) is 4.59. The van der Waals surface area contributed by atoms with E-state index in [1.165, 1.54) is 16.2 Å². The van der Waals surface area contributed by atoms with Gasteiger partial charge in [-0.15, -0.1) is 11.3 Å². The van der Waals surface area contributed by atoms with Crippen LogP contribution in [0.4, 0.5) is 5.13 Å². The number of benzene rings is 2. The molecule has 0 spiro atoms. The molecule has 0 radical (unpaired) electrons. The number of aliphatic hydroxyl groups excluding tert-OH is 1. The van der Waals surface area contributed by atoms with Crippen LogP contribution in [0, 0.1) is 5.92 Å². The van der Waals surface area contributed by atoms with Gasteiger partial charge in [-0.3, -0.25) is 14.5 Å². The normalized spacial score (nSPS) is 20.6. The summed E-state index contributed by atoms with van der Waals surface area (Å²) in [6.45, 7) is 6.80. The van der Waals surface area contributed by atoms with Gasteiger partial charge in [0.05, 0.1) is 18.2 Å². The predicted octanol–water partition coefficient (Wildman–Crippen LogP) is 5.52. The maximum atomic E-state index is 13.3. The highest BCUT2D eigenvalue weighted by Crippen LogP contribution is 2.44. The zero-order chi connectivity index (χ0) is 25.4. The van der Waals surface area contributed by atoms with Crippen LogP contribution < -0.4 is 14.4 Å². The first-order valence-electron chi connectivity index (χ1n) is 12.1. The molecule has 0 saturated carbocycles. The summed E-state index contributed by atoms with van der Waals surface area (Å²) in [6.07, 6.45) is 3.25. The SMILES string of the molecule is CC(C)CCOc1cccc([C@@H]2/C(=C(\O)c3ccc4c(c3)C[C@@H](C)O4)C(=O)C(=O)N2c2nccs2)c1. The third-order valence-electron chi connectivity index (χ3n) is 6.38. The van der Waals surface area contributed by atoms with Crippen molar-refractivity contribution in [1.82, 2.24) is 4.98 Å². The summed E-state index contributed by atoms with van der Waals surface area (Å²) in [7, 11) is 0. The molecule has 2 aliphatic rings. The van der Waals surface area contributed by atoms with Crippen molar-refractivity contribution in [3.8, 4) is 11.5 Å². The first-order chi connectivity index (χ1) is 17.3. The van der Waals surface area contributed by atoms with Crippen LogP contribution >= 0.6 is 11.3 Å². The van der Waals surface area contributed by atoms with Gasteiger partial charge in [0, 0.05) is 23.6 Å². The molecule has 1 N–H and O–H groups in total. The van der Waals surface area contributed by atoms with Crippen LogP contribution in [0.5, 0.6) is 11.5 Å². The second-order valence-corrected chi connectivity index (χ2v) is 10.4. The fraction of sp³-hybridized carbons (Fsp3) is 0.321. The minimum atomic E-state index is -0.840. The molecule has 1 fully saturated rings. The number of rotatable bonds is 7. The molecule has 3 aromatic rings. The number of ketones is 1. The van der Waals surface area contributed by atoms with E-state index in [0.29, 0.717) is 41.0 Å². The highest BCUT2D eigenvalue weighted by molar-refractivity contribution is 7.14. The molecule has 1 saturated heterocycles. The number of hydrogen-bond acceptors (Lipinski definition) is 7. The zero-order valence-corrected chi connectivity index (χ0v) is 21.2. The van der Waals surface area contributed by atoms with E-state index in [0.717, 1.165) is 17.7 Å². The summed E-state index contributed by atoms with van der Waals surface area (Å²) in [6, 6.07) is 11.8. The summed E-state index contributed by atoms with van der Waals surface area (Å²) in [5.41, 5.74) is 2.11. The topological polar surface area (TPSA) is 89.0 Å². The standard InChI is InChI=1S/C28H28N2O5S/c1-16(2)9-11-34-21-6-4-5-18(15-21)24-23(26(32)27(33)30(24)28-29-10-12-36-28)25(31)19-7-8-22-20(14-19)13-17(3)35-22/h4-8,10,12,14-17,24,31H,9,11,13H2,1-3H3/b25-23+/t17-,24-/m1/s1. The van der Waals surface area contributed by atoms with Crippen molar-refractivity contribution in [3.63, 3.8) is 0 Å². The fourth-order valence-corrected chi connectivity index (χ4v) is 5.26. The third kappa shape index (κ3) is 4.48. The number of carbonyl (C=O) groups is 2. The number of nitrogens with zero attached hydrogens (tertiary/aromatic N) is 2. The van der Waals surface area contributed by atoms with Crippen LogP contribution in [-0.2, 0) is 16.0 Å². The first-order valence-corrected chi connectivity index (χ1v) is 12.9. The molecule has 8 heteroatoms. The summed E-state index contributed by atoms with van der Waals surface area (Å²) in [5.74, 6) is 0.230. The maximum absolute atomic E-state index is 13.3. The van der Waals surface area contributed by atoms with Gasteiger partial charge in [0.2, 0.25) is 0 Å². The van der Waals surface area contributed by atoms with Gasteiger partial charge in [-0.2, -0.15) is 0 Å². The Morgan fingerprint density at radius 2 is 2.08 bits per heavy atom. The lowest BCUT2D eigenvalue weighted by Crippen LogP contribution is -2.29. The molecule has 0 unspecified atom stereocenters. The number of fused-ring (bicyclic) bond motifs is 1. The average Bonchev–Trinajstić information content (AvgIpc) is 3.56. The zero-order valence-electron chi connectivity index (χ0n) is 20.4. The highest BCUT2D eigenvalue weighted by atomic mass is 32.1. The number of anilines is 1. The number of aliphatic hydroxyl groups is 1. The van der Waals surface area contributed by atoms with E-state index in [1.807, 2.05) is 37.3 Å². The molecule has 0 bridgehead atoms. The van der Waals surface area contributed by atoms with Crippen LogP contribution in [-0.4, -0.2) is 34.5 Å². The number of Topliss-reactive ketones (excluding diaryl/α,β-unsaturated/α-hetero) is 1.